The van der Waals surface area contributed by atoms with Gasteiger partial charge in [-0.25, -0.2) is 5.43 Å². The van der Waals surface area contributed by atoms with E-state index in [1.807, 2.05) is 89.5 Å². The molecule has 1 aromatic heterocycles. The maximum Gasteiger partial charge on any atom is 0.250 e. The van der Waals surface area contributed by atoms with Crippen LogP contribution in [0.2, 0.25) is 0 Å². The first-order valence-electron chi connectivity index (χ1n) is 11.1. The third-order valence-electron chi connectivity index (χ3n) is 5.09. The number of aromatic nitrogens is 3. The van der Waals surface area contributed by atoms with Crippen molar-refractivity contribution in [2.75, 3.05) is 20.0 Å². The van der Waals surface area contributed by atoms with Gasteiger partial charge in [0, 0.05) is 23.0 Å². The van der Waals surface area contributed by atoms with Gasteiger partial charge in [-0.15, -0.1) is 10.2 Å². The number of hydrogen-bond donors (Lipinski definition) is 1. The SMILES string of the molecule is COc1ccc(-n2c(SCC(=O)NN=CC=Cc3ccccc3OC)nnc2-c2ccccc2)cc1. The second-order valence-electron chi connectivity index (χ2n) is 7.41. The summed E-state index contributed by atoms with van der Waals surface area (Å²) in [4.78, 5) is 12.4. The smallest absolute Gasteiger partial charge is 0.250 e. The Morgan fingerprint density at radius 1 is 0.972 bits per heavy atom. The zero-order valence-electron chi connectivity index (χ0n) is 19.9. The van der Waals surface area contributed by atoms with Gasteiger partial charge >= 0.3 is 0 Å². The van der Waals surface area contributed by atoms with Crippen molar-refractivity contribution in [3.63, 3.8) is 0 Å². The van der Waals surface area contributed by atoms with Crippen LogP contribution >= 0.6 is 11.8 Å². The van der Waals surface area contributed by atoms with E-state index in [4.69, 9.17) is 9.47 Å². The second kappa shape index (κ2) is 12.4. The molecule has 0 saturated carbocycles. The summed E-state index contributed by atoms with van der Waals surface area (Å²) in [5, 5.41) is 13.3. The highest BCUT2D eigenvalue weighted by Crippen LogP contribution is 2.28. The van der Waals surface area contributed by atoms with E-state index >= 15 is 0 Å². The van der Waals surface area contributed by atoms with Crippen molar-refractivity contribution in [2.24, 2.45) is 5.10 Å². The second-order valence-corrected chi connectivity index (χ2v) is 8.35. The van der Waals surface area contributed by atoms with Crippen molar-refractivity contribution in [1.82, 2.24) is 20.2 Å². The molecule has 0 atom stereocenters. The normalized spacial score (nSPS) is 11.2. The molecule has 0 fully saturated rings. The van der Waals surface area contributed by atoms with Crippen molar-refractivity contribution in [2.45, 2.75) is 5.16 Å². The monoisotopic (exact) mass is 499 g/mol. The summed E-state index contributed by atoms with van der Waals surface area (Å²) < 4.78 is 12.5. The van der Waals surface area contributed by atoms with E-state index in [0.717, 1.165) is 28.3 Å². The summed E-state index contributed by atoms with van der Waals surface area (Å²) in [5.41, 5.74) is 5.23. The number of para-hydroxylation sites is 1. The number of amides is 1. The lowest BCUT2D eigenvalue weighted by Gasteiger charge is -2.11. The molecule has 0 radical (unpaired) electrons. The number of hydrogen-bond acceptors (Lipinski definition) is 7. The fourth-order valence-corrected chi connectivity index (χ4v) is 4.11. The predicted molar refractivity (Wildman–Crippen MR) is 143 cm³/mol. The molecule has 0 aliphatic heterocycles. The number of rotatable bonds is 10. The van der Waals surface area contributed by atoms with E-state index in [0.29, 0.717) is 11.0 Å². The number of carbonyl (C=O) groups is 1. The lowest BCUT2D eigenvalue weighted by Crippen LogP contribution is -2.19. The van der Waals surface area contributed by atoms with Gasteiger partial charge < -0.3 is 9.47 Å². The van der Waals surface area contributed by atoms with Gasteiger partial charge in [0.2, 0.25) is 0 Å². The number of allylic oxidation sites excluding steroid dienone is 1. The zero-order chi connectivity index (χ0) is 25.2. The molecule has 9 heteroatoms. The predicted octanol–water partition coefficient (Wildman–Crippen LogP) is 4.86. The summed E-state index contributed by atoms with van der Waals surface area (Å²) >= 11 is 1.28. The van der Waals surface area contributed by atoms with Gasteiger partial charge in [-0.3, -0.25) is 9.36 Å². The van der Waals surface area contributed by atoms with Crippen LogP contribution in [-0.4, -0.2) is 46.9 Å². The number of benzene rings is 3. The number of nitrogens with zero attached hydrogens (tertiary/aromatic N) is 4. The quantitative estimate of drug-likeness (QED) is 0.190. The van der Waals surface area contributed by atoms with E-state index in [1.54, 1.807) is 20.3 Å². The average molecular weight is 500 g/mol. The highest BCUT2D eigenvalue weighted by Gasteiger charge is 2.17. The van der Waals surface area contributed by atoms with Gasteiger partial charge in [0.1, 0.15) is 11.5 Å². The molecule has 4 rings (SSSR count). The van der Waals surface area contributed by atoms with Crippen molar-refractivity contribution in [3.05, 3.63) is 90.5 Å². The van der Waals surface area contributed by atoms with Crippen LogP contribution in [-0.2, 0) is 4.79 Å². The van der Waals surface area contributed by atoms with Crippen LogP contribution in [0.25, 0.3) is 23.2 Å². The Bertz CT molecular complexity index is 1350. The summed E-state index contributed by atoms with van der Waals surface area (Å²) in [6, 6.07) is 25.0. The van der Waals surface area contributed by atoms with E-state index < -0.39 is 0 Å². The Balaban J connectivity index is 1.43. The molecular formula is C27H25N5O3S. The molecular weight excluding hydrogens is 474 g/mol. The number of nitrogens with one attached hydrogen (secondary N) is 1. The summed E-state index contributed by atoms with van der Waals surface area (Å²) in [5.74, 6) is 2.06. The minimum absolute atomic E-state index is 0.122. The third-order valence-corrected chi connectivity index (χ3v) is 6.02. The number of carbonyl (C=O) groups excluding carboxylic acids is 1. The van der Waals surface area contributed by atoms with Gasteiger partial charge in [-0.1, -0.05) is 60.3 Å². The van der Waals surface area contributed by atoms with Crippen LogP contribution < -0.4 is 14.9 Å². The van der Waals surface area contributed by atoms with Crippen LogP contribution in [0.4, 0.5) is 0 Å². The molecule has 0 spiro atoms. The molecule has 1 heterocycles. The minimum atomic E-state index is -0.257. The molecule has 8 nitrogen and oxygen atoms in total. The lowest BCUT2D eigenvalue weighted by molar-refractivity contribution is -0.118. The molecule has 0 aliphatic rings. The highest BCUT2D eigenvalue weighted by molar-refractivity contribution is 7.99. The van der Waals surface area contributed by atoms with Crippen molar-refractivity contribution in [1.29, 1.82) is 0 Å². The van der Waals surface area contributed by atoms with Crippen LogP contribution in [0.5, 0.6) is 11.5 Å². The maximum absolute atomic E-state index is 12.4. The molecule has 4 aromatic rings. The standard InChI is InChI=1S/C27H25N5O3S/c1-34-23-16-14-22(15-17-23)32-26(21-10-4-3-5-11-21)30-31-27(32)36-19-25(33)29-28-18-8-12-20-9-6-7-13-24(20)35-2/h3-18H,19H2,1-2H3,(H,29,33). The van der Waals surface area contributed by atoms with E-state index in [-0.39, 0.29) is 11.7 Å². The largest absolute Gasteiger partial charge is 0.497 e. The Morgan fingerprint density at radius 2 is 1.72 bits per heavy atom. The number of hydrazone groups is 1. The van der Waals surface area contributed by atoms with Gasteiger partial charge in [0.15, 0.2) is 11.0 Å². The Kier molecular flexibility index (Phi) is 8.50. The van der Waals surface area contributed by atoms with E-state index in [1.165, 1.54) is 18.0 Å². The Hall–Kier alpha value is -4.37. The van der Waals surface area contributed by atoms with Crippen LogP contribution in [0.3, 0.4) is 0 Å². The van der Waals surface area contributed by atoms with E-state index in [2.05, 4.69) is 20.7 Å². The Morgan fingerprint density at radius 3 is 2.47 bits per heavy atom. The summed E-state index contributed by atoms with van der Waals surface area (Å²) in [7, 11) is 3.25. The van der Waals surface area contributed by atoms with Crippen LogP contribution in [0.15, 0.2) is 95.2 Å². The highest BCUT2D eigenvalue weighted by atomic mass is 32.2. The molecule has 182 valence electrons. The molecule has 3 aromatic carbocycles. The van der Waals surface area contributed by atoms with E-state index in [9.17, 15) is 4.79 Å². The number of ether oxygens (including phenoxy) is 2. The topological polar surface area (TPSA) is 90.6 Å². The van der Waals surface area contributed by atoms with Crippen molar-refractivity contribution < 1.29 is 14.3 Å². The summed E-state index contributed by atoms with van der Waals surface area (Å²) in [6.07, 6.45) is 5.10. The molecule has 1 amide bonds. The maximum atomic E-state index is 12.4. The lowest BCUT2D eigenvalue weighted by atomic mass is 10.2. The minimum Gasteiger partial charge on any atom is -0.497 e. The first kappa shape index (κ1) is 24.7. The zero-order valence-corrected chi connectivity index (χ0v) is 20.7. The fourth-order valence-electron chi connectivity index (χ4n) is 3.37. The number of thioether (sulfide) groups is 1. The third kappa shape index (κ3) is 6.19. The van der Waals surface area contributed by atoms with Gasteiger partial charge in [-0.05, 0) is 42.5 Å². The van der Waals surface area contributed by atoms with Crippen LogP contribution in [0, 0.1) is 0 Å². The molecule has 1 N–H and O–H groups in total. The van der Waals surface area contributed by atoms with Crippen molar-refractivity contribution >= 4 is 30.0 Å². The fraction of sp³-hybridized carbons (Fsp3) is 0.111. The summed E-state index contributed by atoms with van der Waals surface area (Å²) in [6.45, 7) is 0. The molecule has 0 unspecified atom stereocenters. The Labute approximate surface area is 213 Å². The molecule has 36 heavy (non-hydrogen) atoms. The average Bonchev–Trinajstić information content (AvgIpc) is 3.36. The number of methoxy groups -OCH3 is 2. The van der Waals surface area contributed by atoms with Gasteiger partial charge in [-0.2, -0.15) is 5.10 Å². The van der Waals surface area contributed by atoms with Gasteiger partial charge in [0.25, 0.3) is 5.91 Å². The molecule has 0 bridgehead atoms. The van der Waals surface area contributed by atoms with Crippen molar-refractivity contribution in [3.8, 4) is 28.6 Å². The molecule has 0 aliphatic carbocycles. The van der Waals surface area contributed by atoms with Crippen LogP contribution in [0.1, 0.15) is 5.56 Å². The molecule has 0 saturated heterocycles. The van der Waals surface area contributed by atoms with Gasteiger partial charge in [0.05, 0.1) is 20.0 Å². The first-order valence-corrected chi connectivity index (χ1v) is 12.1. The first-order chi connectivity index (χ1) is 17.7.